The predicted octanol–water partition coefficient (Wildman–Crippen LogP) is 2.96. The summed E-state index contributed by atoms with van der Waals surface area (Å²) in [4.78, 5) is 15.3. The number of hydrogen-bond acceptors (Lipinski definition) is 4. The van der Waals surface area contributed by atoms with E-state index in [9.17, 15) is 4.79 Å². The van der Waals surface area contributed by atoms with E-state index in [0.717, 1.165) is 10.9 Å². The molecule has 1 heterocycles. The molecule has 0 atom stereocenters. The summed E-state index contributed by atoms with van der Waals surface area (Å²) < 4.78 is 11.1. The Bertz CT molecular complexity index is 893. The van der Waals surface area contributed by atoms with Crippen LogP contribution in [0.15, 0.2) is 53.3 Å². The minimum Gasteiger partial charge on any atom is -0.497 e. The lowest BCUT2D eigenvalue weighted by molar-refractivity contribution is 0.332. The largest absolute Gasteiger partial charge is 0.497 e. The fourth-order valence-electron chi connectivity index (χ4n) is 2.54. The number of fused-ring (bicyclic) bond motifs is 1. The van der Waals surface area contributed by atoms with Crippen LogP contribution in [0, 0.1) is 0 Å². The Hall–Kier alpha value is -2.50. The van der Waals surface area contributed by atoms with E-state index in [1.807, 2.05) is 42.5 Å². The first-order chi connectivity index (χ1) is 11.2. The zero-order valence-corrected chi connectivity index (χ0v) is 14.1. The van der Waals surface area contributed by atoms with Gasteiger partial charge in [-0.2, -0.15) is 0 Å². The average molecular weight is 347 g/mol. The molecule has 0 spiro atoms. The minimum atomic E-state index is -0.154. The van der Waals surface area contributed by atoms with E-state index < -0.39 is 0 Å². The number of methoxy groups -OCH3 is 1. The normalized spacial score (nSPS) is 10.2. The van der Waals surface area contributed by atoms with Crippen LogP contribution in [0.25, 0.3) is 22.0 Å². The molecule has 0 radical (unpaired) electrons. The highest BCUT2D eigenvalue weighted by molar-refractivity contribution is 5.93. The predicted molar refractivity (Wildman–Crippen MR) is 98.4 cm³/mol. The Labute approximate surface area is 145 Å². The summed E-state index contributed by atoms with van der Waals surface area (Å²) in [5, 5.41) is 1.36. The zero-order chi connectivity index (χ0) is 16.2. The van der Waals surface area contributed by atoms with Gasteiger partial charge in [-0.15, -0.1) is 12.4 Å². The monoisotopic (exact) mass is 346 g/mol. The van der Waals surface area contributed by atoms with E-state index in [0.29, 0.717) is 35.7 Å². The number of hydrogen-bond donors (Lipinski definition) is 2. The van der Waals surface area contributed by atoms with Crippen LogP contribution in [0.3, 0.4) is 0 Å². The van der Waals surface area contributed by atoms with Crippen LogP contribution in [0.1, 0.15) is 0 Å². The second-order valence-corrected chi connectivity index (χ2v) is 5.07. The number of nitrogens with two attached hydrogens (primary N) is 1. The topological polar surface area (TPSA) is 77.3 Å². The molecule has 0 fully saturated rings. The van der Waals surface area contributed by atoms with Crippen LogP contribution in [0.5, 0.6) is 11.5 Å². The first-order valence-corrected chi connectivity index (χ1v) is 7.37. The molecule has 24 heavy (non-hydrogen) atoms. The van der Waals surface area contributed by atoms with Gasteiger partial charge in [0.1, 0.15) is 12.4 Å². The highest BCUT2D eigenvalue weighted by Crippen LogP contribution is 2.34. The minimum absolute atomic E-state index is 0. The van der Waals surface area contributed by atoms with Crippen LogP contribution < -0.4 is 20.8 Å². The summed E-state index contributed by atoms with van der Waals surface area (Å²) in [6.45, 7) is 0.762. The molecule has 1 aromatic heterocycles. The van der Waals surface area contributed by atoms with E-state index in [1.165, 1.54) is 0 Å². The lowest BCUT2D eigenvalue weighted by atomic mass is 10.1. The van der Waals surface area contributed by atoms with Gasteiger partial charge in [0.2, 0.25) is 0 Å². The fourth-order valence-corrected chi connectivity index (χ4v) is 2.54. The summed E-state index contributed by atoms with van der Waals surface area (Å²) >= 11 is 0. The summed E-state index contributed by atoms with van der Waals surface area (Å²) in [5.41, 5.74) is 6.86. The number of benzene rings is 2. The van der Waals surface area contributed by atoms with Gasteiger partial charge < -0.3 is 20.2 Å². The van der Waals surface area contributed by atoms with Gasteiger partial charge in [-0.3, -0.25) is 4.79 Å². The summed E-state index contributed by atoms with van der Waals surface area (Å²) in [5.74, 6) is 1.33. The first kappa shape index (κ1) is 17.8. The lowest BCUT2D eigenvalue weighted by Crippen LogP contribution is -2.14. The quantitative estimate of drug-likeness (QED) is 0.744. The smallest absolute Gasteiger partial charge is 0.256 e. The Morgan fingerprint density at radius 3 is 2.54 bits per heavy atom. The zero-order valence-electron chi connectivity index (χ0n) is 13.2. The Kier molecular flexibility index (Phi) is 5.84. The standard InChI is InChI=1S/C18H18N2O3.ClH/c1-22-13-6-4-5-12(11-13)16-17(23-10-9-19)14-7-2-3-8-15(14)18(21)20-16;/h2-8,11H,9-10,19H2,1H3,(H,20,21);1H. The Morgan fingerprint density at radius 1 is 1.08 bits per heavy atom. The van der Waals surface area contributed by atoms with E-state index in [-0.39, 0.29) is 18.0 Å². The highest BCUT2D eigenvalue weighted by Gasteiger charge is 2.14. The maximum absolute atomic E-state index is 12.4. The van der Waals surface area contributed by atoms with E-state index in [1.54, 1.807) is 13.2 Å². The average Bonchev–Trinajstić information content (AvgIpc) is 2.61. The van der Waals surface area contributed by atoms with Crippen LogP contribution in [0.2, 0.25) is 0 Å². The molecule has 0 unspecified atom stereocenters. The van der Waals surface area contributed by atoms with Crippen LogP contribution >= 0.6 is 12.4 Å². The first-order valence-electron chi connectivity index (χ1n) is 7.37. The van der Waals surface area contributed by atoms with Crippen molar-refractivity contribution < 1.29 is 9.47 Å². The molecule has 0 amide bonds. The van der Waals surface area contributed by atoms with Crippen molar-refractivity contribution in [1.82, 2.24) is 4.98 Å². The molecule has 3 aromatic rings. The third kappa shape index (κ3) is 3.37. The summed E-state index contributed by atoms with van der Waals surface area (Å²) in [7, 11) is 1.61. The Morgan fingerprint density at radius 2 is 1.83 bits per heavy atom. The number of pyridine rings is 1. The number of ether oxygens (including phenoxy) is 2. The van der Waals surface area contributed by atoms with Gasteiger partial charge in [-0.25, -0.2) is 0 Å². The van der Waals surface area contributed by atoms with Crippen molar-refractivity contribution in [2.24, 2.45) is 5.73 Å². The van der Waals surface area contributed by atoms with Gasteiger partial charge in [-0.05, 0) is 18.2 Å². The molecule has 0 aliphatic heterocycles. The summed E-state index contributed by atoms with van der Waals surface area (Å²) in [6.07, 6.45) is 0. The van der Waals surface area contributed by atoms with Gasteiger partial charge in [-0.1, -0.05) is 30.3 Å². The number of H-pyrrole nitrogens is 1. The molecule has 0 saturated heterocycles. The third-order valence-electron chi connectivity index (χ3n) is 3.60. The third-order valence-corrected chi connectivity index (χ3v) is 3.60. The van der Waals surface area contributed by atoms with Crippen molar-refractivity contribution in [2.75, 3.05) is 20.3 Å². The molecule has 5 nitrogen and oxygen atoms in total. The molecule has 126 valence electrons. The molecule has 0 saturated carbocycles. The Balaban J connectivity index is 0.00000208. The SMILES string of the molecule is COc1cccc(-c2[nH]c(=O)c3ccccc3c2OCCN)c1.Cl. The molecular formula is C18H19ClN2O3. The van der Waals surface area contributed by atoms with Crippen LogP contribution in [-0.4, -0.2) is 25.2 Å². The van der Waals surface area contributed by atoms with Crippen molar-refractivity contribution in [3.05, 3.63) is 58.9 Å². The molecule has 6 heteroatoms. The molecule has 3 N–H and O–H groups in total. The van der Waals surface area contributed by atoms with Gasteiger partial charge >= 0.3 is 0 Å². The van der Waals surface area contributed by atoms with Gasteiger partial charge in [0, 0.05) is 17.5 Å². The van der Waals surface area contributed by atoms with Crippen LogP contribution in [0.4, 0.5) is 0 Å². The van der Waals surface area contributed by atoms with Crippen molar-refractivity contribution in [3.8, 4) is 22.8 Å². The lowest BCUT2D eigenvalue weighted by Gasteiger charge is -2.14. The van der Waals surface area contributed by atoms with E-state index in [2.05, 4.69) is 4.98 Å². The maximum Gasteiger partial charge on any atom is 0.256 e. The molecule has 0 aliphatic rings. The summed E-state index contributed by atoms with van der Waals surface area (Å²) in [6, 6.07) is 14.8. The molecular weight excluding hydrogens is 328 g/mol. The van der Waals surface area contributed by atoms with E-state index >= 15 is 0 Å². The number of aromatic amines is 1. The fraction of sp³-hybridized carbons (Fsp3) is 0.167. The van der Waals surface area contributed by atoms with E-state index in [4.69, 9.17) is 15.2 Å². The second-order valence-electron chi connectivity index (χ2n) is 5.07. The van der Waals surface area contributed by atoms with Crippen molar-refractivity contribution in [2.45, 2.75) is 0 Å². The van der Waals surface area contributed by atoms with Gasteiger partial charge in [0.05, 0.1) is 18.2 Å². The van der Waals surface area contributed by atoms with Crippen molar-refractivity contribution in [3.63, 3.8) is 0 Å². The number of halogens is 1. The van der Waals surface area contributed by atoms with Crippen LogP contribution in [-0.2, 0) is 0 Å². The van der Waals surface area contributed by atoms with Crippen molar-refractivity contribution >= 4 is 23.2 Å². The van der Waals surface area contributed by atoms with Crippen molar-refractivity contribution in [1.29, 1.82) is 0 Å². The molecule has 3 rings (SSSR count). The van der Waals surface area contributed by atoms with Gasteiger partial charge in [0.15, 0.2) is 5.75 Å². The van der Waals surface area contributed by atoms with Gasteiger partial charge in [0.25, 0.3) is 5.56 Å². The maximum atomic E-state index is 12.4. The second kappa shape index (κ2) is 7.86. The molecule has 2 aromatic carbocycles. The molecule has 0 aliphatic carbocycles. The number of nitrogens with one attached hydrogen (secondary N) is 1. The highest BCUT2D eigenvalue weighted by atomic mass is 35.5. The number of aromatic nitrogens is 1. The molecule has 0 bridgehead atoms. The number of rotatable bonds is 5.